The number of anilines is 1. The summed E-state index contributed by atoms with van der Waals surface area (Å²) in [6, 6.07) is 11.7. The van der Waals surface area contributed by atoms with Crippen LogP contribution in [0.25, 0.3) is 0 Å². The summed E-state index contributed by atoms with van der Waals surface area (Å²) in [4.78, 5) is 27.7. The predicted octanol–water partition coefficient (Wildman–Crippen LogP) is 1.62. The van der Waals surface area contributed by atoms with E-state index in [-0.39, 0.29) is 24.5 Å². The highest BCUT2D eigenvalue weighted by atomic mass is 35.5. The second kappa shape index (κ2) is 10.2. The SMILES string of the molecule is CC(C)N1CC(=O)N(c2ccc(Cc3cc([C@@H]4O[C@H](CO)[C@@H](O)[C@H](O)[C@H]4O)ccc3Cl)cc2)C1=O. The molecule has 2 saturated heterocycles. The van der Waals surface area contributed by atoms with Gasteiger partial charge in [0.05, 0.1) is 12.3 Å². The van der Waals surface area contributed by atoms with Gasteiger partial charge >= 0.3 is 6.03 Å². The minimum Gasteiger partial charge on any atom is -0.394 e. The van der Waals surface area contributed by atoms with Crippen molar-refractivity contribution in [3.8, 4) is 0 Å². The van der Waals surface area contributed by atoms with Gasteiger partial charge in [-0.25, -0.2) is 9.69 Å². The van der Waals surface area contributed by atoms with E-state index in [0.717, 1.165) is 11.1 Å². The molecule has 4 rings (SSSR count). The van der Waals surface area contributed by atoms with Crippen LogP contribution in [0.3, 0.4) is 0 Å². The summed E-state index contributed by atoms with van der Waals surface area (Å²) in [5, 5.41) is 40.5. The Labute approximate surface area is 208 Å². The van der Waals surface area contributed by atoms with Crippen LogP contribution in [0.4, 0.5) is 10.5 Å². The van der Waals surface area contributed by atoms with Crippen molar-refractivity contribution in [1.82, 2.24) is 4.90 Å². The number of amides is 3. The van der Waals surface area contributed by atoms with Crippen LogP contribution in [0.5, 0.6) is 0 Å². The Morgan fingerprint density at radius 2 is 1.71 bits per heavy atom. The molecule has 2 fully saturated rings. The molecule has 2 aliphatic heterocycles. The molecular weight excluding hydrogens is 476 g/mol. The van der Waals surface area contributed by atoms with Crippen LogP contribution in [0, 0.1) is 0 Å². The summed E-state index contributed by atoms with van der Waals surface area (Å²) in [7, 11) is 0. The number of benzene rings is 2. The van der Waals surface area contributed by atoms with Gasteiger partial charge in [-0.05, 0) is 55.2 Å². The zero-order chi connectivity index (χ0) is 25.4. The molecule has 0 spiro atoms. The number of carbonyl (C=O) groups is 2. The first-order valence-electron chi connectivity index (χ1n) is 11.4. The molecule has 35 heavy (non-hydrogen) atoms. The molecule has 188 valence electrons. The minimum absolute atomic E-state index is 0.0542. The predicted molar refractivity (Wildman–Crippen MR) is 128 cm³/mol. The first kappa shape index (κ1) is 25.6. The fourth-order valence-corrected chi connectivity index (χ4v) is 4.63. The van der Waals surface area contributed by atoms with Crippen molar-refractivity contribution in [3.63, 3.8) is 0 Å². The number of ether oxygens (including phenoxy) is 1. The first-order valence-corrected chi connectivity index (χ1v) is 11.8. The zero-order valence-corrected chi connectivity index (χ0v) is 20.2. The van der Waals surface area contributed by atoms with E-state index in [9.17, 15) is 30.0 Å². The van der Waals surface area contributed by atoms with E-state index in [4.69, 9.17) is 16.3 Å². The first-order chi connectivity index (χ1) is 16.6. The summed E-state index contributed by atoms with van der Waals surface area (Å²) in [5.41, 5.74) is 2.64. The molecule has 3 amide bonds. The van der Waals surface area contributed by atoms with E-state index in [2.05, 4.69) is 0 Å². The summed E-state index contributed by atoms with van der Waals surface area (Å²) >= 11 is 6.41. The third-order valence-electron chi connectivity index (χ3n) is 6.50. The van der Waals surface area contributed by atoms with Gasteiger partial charge < -0.3 is 30.1 Å². The number of halogens is 1. The Kier molecular flexibility index (Phi) is 7.46. The van der Waals surface area contributed by atoms with Crippen molar-refractivity contribution in [2.24, 2.45) is 0 Å². The lowest BCUT2D eigenvalue weighted by molar-refractivity contribution is -0.231. The van der Waals surface area contributed by atoms with E-state index in [1.165, 1.54) is 9.80 Å². The van der Waals surface area contributed by atoms with E-state index >= 15 is 0 Å². The standard InChI is InChI=1S/C25H29ClN2O7/c1-13(2)27-11-20(30)28(25(27)34)17-6-3-14(4-7-17)9-16-10-15(5-8-18(16)26)24-23(33)22(32)21(31)19(12-29)35-24/h3-8,10,13,19,21-24,29,31-33H,9,11-12H2,1-2H3/t19-,21-,22+,23-,24+/m1/s1. The van der Waals surface area contributed by atoms with E-state index in [0.29, 0.717) is 22.7 Å². The van der Waals surface area contributed by atoms with Crippen molar-refractivity contribution in [2.45, 2.75) is 56.8 Å². The fourth-order valence-electron chi connectivity index (χ4n) is 4.44. The molecule has 0 saturated carbocycles. The molecule has 0 aromatic heterocycles. The molecular formula is C25H29ClN2O7. The van der Waals surface area contributed by atoms with Crippen LogP contribution in [0.1, 0.15) is 36.6 Å². The number of hydrogen-bond donors (Lipinski definition) is 4. The number of aliphatic hydroxyl groups excluding tert-OH is 4. The van der Waals surface area contributed by atoms with Crippen LogP contribution in [-0.2, 0) is 16.0 Å². The molecule has 0 aliphatic carbocycles. The minimum atomic E-state index is -1.47. The number of hydrogen-bond acceptors (Lipinski definition) is 7. The Morgan fingerprint density at radius 3 is 2.31 bits per heavy atom. The van der Waals surface area contributed by atoms with Gasteiger partial charge in [0, 0.05) is 11.1 Å². The zero-order valence-electron chi connectivity index (χ0n) is 19.4. The van der Waals surface area contributed by atoms with Crippen LogP contribution in [-0.4, -0.2) is 80.9 Å². The number of imide groups is 1. The number of nitrogens with zero attached hydrogens (tertiary/aromatic N) is 2. The highest BCUT2D eigenvalue weighted by Gasteiger charge is 2.44. The highest BCUT2D eigenvalue weighted by Crippen LogP contribution is 2.34. The molecule has 5 atom stereocenters. The lowest BCUT2D eigenvalue weighted by Crippen LogP contribution is -2.55. The summed E-state index contributed by atoms with van der Waals surface area (Å²) in [6.07, 6.45) is -5.83. The molecule has 2 aromatic carbocycles. The quantitative estimate of drug-likeness (QED) is 0.440. The maximum absolute atomic E-state index is 12.6. The number of aliphatic hydroxyl groups is 4. The molecule has 0 unspecified atom stereocenters. The molecule has 0 bridgehead atoms. The van der Waals surface area contributed by atoms with Gasteiger partial charge in [-0.2, -0.15) is 0 Å². The molecule has 2 aliphatic rings. The van der Waals surface area contributed by atoms with Gasteiger partial charge in [-0.1, -0.05) is 35.9 Å². The maximum atomic E-state index is 12.6. The van der Waals surface area contributed by atoms with E-state index < -0.39 is 37.1 Å². The maximum Gasteiger partial charge on any atom is 0.332 e. The lowest BCUT2D eigenvalue weighted by Gasteiger charge is -2.40. The third-order valence-corrected chi connectivity index (χ3v) is 6.86. The average molecular weight is 505 g/mol. The van der Waals surface area contributed by atoms with Crippen molar-refractivity contribution in [1.29, 1.82) is 0 Å². The third kappa shape index (κ3) is 4.93. The second-order valence-electron chi connectivity index (χ2n) is 9.18. The van der Waals surface area contributed by atoms with Crippen LogP contribution in [0.15, 0.2) is 42.5 Å². The number of carbonyl (C=O) groups excluding carboxylic acids is 2. The van der Waals surface area contributed by atoms with Gasteiger partial charge in [0.25, 0.3) is 5.91 Å². The Balaban J connectivity index is 1.53. The Hall–Kier alpha value is -2.53. The average Bonchev–Trinajstić information content (AvgIpc) is 3.14. The molecule has 0 radical (unpaired) electrons. The van der Waals surface area contributed by atoms with Gasteiger partial charge in [0.15, 0.2) is 0 Å². The van der Waals surface area contributed by atoms with Crippen LogP contribution < -0.4 is 4.90 Å². The largest absolute Gasteiger partial charge is 0.394 e. The van der Waals surface area contributed by atoms with Crippen LogP contribution in [0.2, 0.25) is 5.02 Å². The Morgan fingerprint density at radius 1 is 1.03 bits per heavy atom. The van der Waals surface area contributed by atoms with E-state index in [1.807, 2.05) is 26.0 Å². The molecule has 9 nitrogen and oxygen atoms in total. The van der Waals surface area contributed by atoms with Crippen molar-refractivity contribution in [3.05, 3.63) is 64.2 Å². The molecule has 2 heterocycles. The second-order valence-corrected chi connectivity index (χ2v) is 9.58. The topological polar surface area (TPSA) is 131 Å². The highest BCUT2D eigenvalue weighted by molar-refractivity contribution is 6.31. The van der Waals surface area contributed by atoms with Gasteiger partial charge in [-0.3, -0.25) is 4.79 Å². The smallest absolute Gasteiger partial charge is 0.332 e. The van der Waals surface area contributed by atoms with Crippen molar-refractivity contribution >= 4 is 29.2 Å². The molecule has 4 N–H and O–H groups in total. The fraction of sp³-hybridized carbons (Fsp3) is 0.440. The van der Waals surface area contributed by atoms with E-state index in [1.54, 1.807) is 30.3 Å². The summed E-state index contributed by atoms with van der Waals surface area (Å²) < 4.78 is 5.65. The normalized spacial score (nSPS) is 27.3. The van der Waals surface area contributed by atoms with Crippen molar-refractivity contribution < 1.29 is 34.8 Å². The van der Waals surface area contributed by atoms with Crippen molar-refractivity contribution in [2.75, 3.05) is 18.1 Å². The monoisotopic (exact) mass is 504 g/mol. The molecule has 2 aromatic rings. The van der Waals surface area contributed by atoms with Gasteiger partial charge in [0.2, 0.25) is 0 Å². The van der Waals surface area contributed by atoms with Gasteiger partial charge in [-0.15, -0.1) is 0 Å². The number of rotatable bonds is 6. The van der Waals surface area contributed by atoms with Crippen LogP contribution >= 0.6 is 11.6 Å². The summed E-state index contributed by atoms with van der Waals surface area (Å²) in [5.74, 6) is -0.272. The van der Waals surface area contributed by atoms with Gasteiger partial charge in [0.1, 0.15) is 37.1 Å². The Bertz CT molecular complexity index is 1090. The molecule has 10 heteroatoms. The summed E-state index contributed by atoms with van der Waals surface area (Å²) in [6.45, 7) is 3.27. The number of urea groups is 1. The lowest BCUT2D eigenvalue weighted by atomic mass is 9.90.